The van der Waals surface area contributed by atoms with Crippen molar-refractivity contribution < 1.29 is 28.5 Å². The monoisotopic (exact) mass is 418 g/mol. The van der Waals surface area contributed by atoms with Gasteiger partial charge in [0.1, 0.15) is 30.5 Å². The Balaban J connectivity index is 1.46. The highest BCUT2D eigenvalue weighted by Gasteiger charge is 2.08. The zero-order valence-electron chi connectivity index (χ0n) is 17.0. The Morgan fingerprint density at radius 1 is 0.806 bits per heavy atom. The van der Waals surface area contributed by atoms with Crippen molar-refractivity contribution in [3.8, 4) is 17.2 Å². The second-order valence-electron chi connectivity index (χ2n) is 6.32. The van der Waals surface area contributed by atoms with Crippen LogP contribution in [0.4, 0.5) is 0 Å². The molecule has 0 saturated carbocycles. The van der Waals surface area contributed by atoms with Gasteiger partial charge in [-0.2, -0.15) is 0 Å². The van der Waals surface area contributed by atoms with E-state index in [9.17, 15) is 9.59 Å². The molecule has 0 amide bonds. The molecule has 3 rings (SSSR count). The smallest absolute Gasteiger partial charge is 0.338 e. The molecular weight excluding hydrogens is 396 g/mol. The number of carbonyl (C=O) groups is 2. The third-order valence-electron chi connectivity index (χ3n) is 4.17. The third kappa shape index (κ3) is 6.75. The van der Waals surface area contributed by atoms with E-state index < -0.39 is 11.9 Å². The van der Waals surface area contributed by atoms with E-state index in [1.807, 2.05) is 48.5 Å². The van der Waals surface area contributed by atoms with Crippen molar-refractivity contribution in [2.24, 2.45) is 0 Å². The zero-order valence-corrected chi connectivity index (χ0v) is 17.0. The van der Waals surface area contributed by atoms with Crippen molar-refractivity contribution in [1.29, 1.82) is 0 Å². The Bertz CT molecular complexity index is 1030. The van der Waals surface area contributed by atoms with Crippen molar-refractivity contribution in [2.75, 3.05) is 20.3 Å². The SMILES string of the molecule is COc1ccccc1/C=C/C(=O)Oc1ccc(C(=O)OCCOc2ccccc2)cc1. The second kappa shape index (κ2) is 11.2. The lowest BCUT2D eigenvalue weighted by Gasteiger charge is -2.08. The van der Waals surface area contributed by atoms with Gasteiger partial charge < -0.3 is 18.9 Å². The van der Waals surface area contributed by atoms with E-state index in [2.05, 4.69) is 0 Å². The first-order chi connectivity index (χ1) is 15.2. The Labute approximate surface area is 180 Å². The van der Waals surface area contributed by atoms with Gasteiger partial charge in [-0.25, -0.2) is 9.59 Å². The quantitative estimate of drug-likeness (QED) is 0.220. The molecule has 0 heterocycles. The van der Waals surface area contributed by atoms with E-state index in [0.717, 1.165) is 5.56 Å². The first-order valence-electron chi connectivity index (χ1n) is 9.63. The van der Waals surface area contributed by atoms with E-state index in [1.165, 1.54) is 30.3 Å². The maximum Gasteiger partial charge on any atom is 0.338 e. The summed E-state index contributed by atoms with van der Waals surface area (Å²) >= 11 is 0. The van der Waals surface area contributed by atoms with Crippen molar-refractivity contribution >= 4 is 18.0 Å². The van der Waals surface area contributed by atoms with Crippen LogP contribution < -0.4 is 14.2 Å². The Morgan fingerprint density at radius 2 is 1.52 bits per heavy atom. The van der Waals surface area contributed by atoms with Crippen LogP contribution in [0.1, 0.15) is 15.9 Å². The van der Waals surface area contributed by atoms with Gasteiger partial charge in [-0.15, -0.1) is 0 Å². The minimum Gasteiger partial charge on any atom is -0.496 e. The fourth-order valence-corrected chi connectivity index (χ4v) is 2.67. The molecule has 6 nitrogen and oxygen atoms in total. The van der Waals surface area contributed by atoms with Crippen LogP contribution in [0.3, 0.4) is 0 Å². The van der Waals surface area contributed by atoms with E-state index in [-0.39, 0.29) is 13.2 Å². The van der Waals surface area contributed by atoms with Gasteiger partial charge in [-0.3, -0.25) is 0 Å². The average molecular weight is 418 g/mol. The molecule has 0 aliphatic heterocycles. The normalized spacial score (nSPS) is 10.5. The summed E-state index contributed by atoms with van der Waals surface area (Å²) in [5.41, 5.74) is 1.11. The molecule has 0 atom stereocenters. The summed E-state index contributed by atoms with van der Waals surface area (Å²) in [5.74, 6) is 0.664. The van der Waals surface area contributed by atoms with E-state index in [4.69, 9.17) is 18.9 Å². The molecule has 6 heteroatoms. The molecule has 0 saturated heterocycles. The average Bonchev–Trinajstić information content (AvgIpc) is 2.81. The van der Waals surface area contributed by atoms with E-state index in [1.54, 1.807) is 19.3 Å². The lowest BCUT2D eigenvalue weighted by atomic mass is 10.2. The molecule has 0 N–H and O–H groups in total. The predicted molar refractivity (Wildman–Crippen MR) is 116 cm³/mol. The Hall–Kier alpha value is -4.06. The number of hydrogen-bond donors (Lipinski definition) is 0. The summed E-state index contributed by atoms with van der Waals surface area (Å²) in [6.45, 7) is 0.377. The van der Waals surface area contributed by atoms with Crippen molar-refractivity contribution in [3.05, 3.63) is 96.1 Å². The topological polar surface area (TPSA) is 71.1 Å². The van der Waals surface area contributed by atoms with Gasteiger partial charge in [0.2, 0.25) is 0 Å². The summed E-state index contributed by atoms with van der Waals surface area (Å²) in [6.07, 6.45) is 2.93. The number of hydrogen-bond acceptors (Lipinski definition) is 6. The predicted octanol–water partition coefficient (Wildman–Crippen LogP) is 4.55. The molecule has 0 aromatic heterocycles. The fraction of sp³-hybridized carbons (Fsp3) is 0.120. The maximum atomic E-state index is 12.1. The number of benzene rings is 3. The molecule has 0 bridgehead atoms. The van der Waals surface area contributed by atoms with Crippen LogP contribution in [0.2, 0.25) is 0 Å². The first kappa shape index (κ1) is 21.6. The third-order valence-corrected chi connectivity index (χ3v) is 4.17. The van der Waals surface area contributed by atoms with Crippen molar-refractivity contribution in [1.82, 2.24) is 0 Å². The number of esters is 2. The van der Waals surface area contributed by atoms with Gasteiger partial charge in [-0.1, -0.05) is 36.4 Å². The van der Waals surface area contributed by atoms with E-state index in [0.29, 0.717) is 22.8 Å². The van der Waals surface area contributed by atoms with Crippen LogP contribution in [0.25, 0.3) is 6.08 Å². The number of carbonyl (C=O) groups excluding carboxylic acids is 2. The molecule has 0 unspecified atom stereocenters. The van der Waals surface area contributed by atoms with Gasteiger partial charge in [0.25, 0.3) is 0 Å². The first-order valence-corrected chi connectivity index (χ1v) is 9.63. The number of rotatable bonds is 9. The van der Waals surface area contributed by atoms with Gasteiger partial charge in [0.15, 0.2) is 0 Å². The van der Waals surface area contributed by atoms with Crippen LogP contribution >= 0.6 is 0 Å². The highest BCUT2D eigenvalue weighted by molar-refractivity contribution is 5.91. The van der Waals surface area contributed by atoms with Crippen molar-refractivity contribution in [2.45, 2.75) is 0 Å². The Kier molecular flexibility index (Phi) is 7.83. The summed E-state index contributed by atoms with van der Waals surface area (Å²) < 4.78 is 21.1. The standard InChI is InChI=1S/C25H22O6/c1-28-23-10-6-5-7-19(23)13-16-24(26)31-22-14-11-20(12-15-22)25(27)30-18-17-29-21-8-3-2-4-9-21/h2-16H,17-18H2,1H3/b16-13+. The van der Waals surface area contributed by atoms with Crippen LogP contribution in [-0.4, -0.2) is 32.3 Å². The van der Waals surface area contributed by atoms with Crippen LogP contribution in [0.15, 0.2) is 84.9 Å². The molecule has 0 aliphatic carbocycles. The number of methoxy groups -OCH3 is 1. The molecule has 158 valence electrons. The lowest BCUT2D eigenvalue weighted by Crippen LogP contribution is -2.12. The molecule has 3 aromatic carbocycles. The van der Waals surface area contributed by atoms with Gasteiger partial charge in [0, 0.05) is 11.6 Å². The molecule has 0 aliphatic rings. The Morgan fingerprint density at radius 3 is 2.26 bits per heavy atom. The van der Waals surface area contributed by atoms with Crippen molar-refractivity contribution in [3.63, 3.8) is 0 Å². The highest BCUT2D eigenvalue weighted by Crippen LogP contribution is 2.19. The second-order valence-corrected chi connectivity index (χ2v) is 6.32. The van der Waals surface area contributed by atoms with Crippen LogP contribution in [0.5, 0.6) is 17.2 Å². The minimum absolute atomic E-state index is 0.123. The lowest BCUT2D eigenvalue weighted by molar-refractivity contribution is -0.128. The number of para-hydroxylation sites is 2. The molecule has 0 fully saturated rings. The molecule has 0 spiro atoms. The number of ether oxygens (including phenoxy) is 4. The van der Waals surface area contributed by atoms with E-state index >= 15 is 0 Å². The van der Waals surface area contributed by atoms with Gasteiger partial charge in [-0.05, 0) is 48.5 Å². The summed E-state index contributed by atoms with van der Waals surface area (Å²) in [4.78, 5) is 24.1. The van der Waals surface area contributed by atoms with Crippen LogP contribution in [-0.2, 0) is 9.53 Å². The summed E-state index contributed by atoms with van der Waals surface area (Å²) in [7, 11) is 1.56. The summed E-state index contributed by atoms with van der Waals surface area (Å²) in [5, 5.41) is 0. The maximum absolute atomic E-state index is 12.1. The molecule has 0 radical (unpaired) electrons. The highest BCUT2D eigenvalue weighted by atomic mass is 16.6. The van der Waals surface area contributed by atoms with Crippen LogP contribution in [0, 0.1) is 0 Å². The molecule has 31 heavy (non-hydrogen) atoms. The largest absolute Gasteiger partial charge is 0.496 e. The summed E-state index contributed by atoms with van der Waals surface area (Å²) in [6, 6.07) is 22.7. The molecule has 3 aromatic rings. The van der Waals surface area contributed by atoms with Gasteiger partial charge in [0.05, 0.1) is 12.7 Å². The fourth-order valence-electron chi connectivity index (χ4n) is 2.67. The molecular formula is C25H22O6. The van der Waals surface area contributed by atoms with Gasteiger partial charge >= 0.3 is 11.9 Å². The minimum atomic E-state index is -0.542. The zero-order chi connectivity index (χ0) is 21.9.